The first kappa shape index (κ1) is 28.6. The highest BCUT2D eigenvalue weighted by molar-refractivity contribution is 7.15. The molecule has 41 heavy (non-hydrogen) atoms. The van der Waals surface area contributed by atoms with Crippen LogP contribution in [0.3, 0.4) is 0 Å². The predicted octanol–water partition coefficient (Wildman–Crippen LogP) is 8.59. The van der Waals surface area contributed by atoms with Gasteiger partial charge in [0, 0.05) is 33.2 Å². The monoisotopic (exact) mass is 602 g/mol. The molecule has 0 amide bonds. The summed E-state index contributed by atoms with van der Waals surface area (Å²) < 4.78 is 61.6. The van der Waals surface area contributed by atoms with Gasteiger partial charge in [-0.1, -0.05) is 29.8 Å². The summed E-state index contributed by atoms with van der Waals surface area (Å²) in [6.07, 6.45) is -2.66. The summed E-state index contributed by atoms with van der Waals surface area (Å²) in [5, 5.41) is 10.7. The van der Waals surface area contributed by atoms with Gasteiger partial charge in [0.2, 0.25) is 0 Å². The number of halogens is 5. The fourth-order valence-electron chi connectivity index (χ4n) is 4.59. The summed E-state index contributed by atoms with van der Waals surface area (Å²) in [7, 11) is 0. The molecule has 3 aromatic carbocycles. The van der Waals surface area contributed by atoms with E-state index in [9.17, 15) is 22.4 Å². The molecule has 11 heteroatoms. The van der Waals surface area contributed by atoms with E-state index in [2.05, 4.69) is 0 Å². The summed E-state index contributed by atoms with van der Waals surface area (Å²) >= 11 is 7.52. The van der Waals surface area contributed by atoms with Gasteiger partial charge in [0.15, 0.2) is 0 Å². The first-order valence-corrected chi connectivity index (χ1v) is 13.8. The molecule has 0 fully saturated rings. The Morgan fingerprint density at radius 1 is 1.10 bits per heavy atom. The average molecular weight is 603 g/mol. The van der Waals surface area contributed by atoms with E-state index < -0.39 is 29.6 Å². The highest BCUT2D eigenvalue weighted by atomic mass is 35.5. The molecule has 0 radical (unpaired) electrons. The molecule has 0 aliphatic carbocycles. The number of aryl methyl sites for hydroxylation is 1. The minimum Gasteiger partial charge on any atom is -0.485 e. The smallest absolute Gasteiger partial charge is 0.416 e. The average Bonchev–Trinajstić information content (AvgIpc) is 3.52. The van der Waals surface area contributed by atoms with Gasteiger partial charge in [-0.05, 0) is 68.3 Å². The second kappa shape index (κ2) is 11.5. The number of ether oxygens (including phenoxy) is 1. The molecule has 5 nitrogen and oxygen atoms in total. The Morgan fingerprint density at radius 3 is 2.54 bits per heavy atom. The number of fused-ring (bicyclic) bond motifs is 1. The first-order valence-electron chi connectivity index (χ1n) is 12.6. The number of hydrogen-bond donors (Lipinski definition) is 1. The van der Waals surface area contributed by atoms with E-state index in [4.69, 9.17) is 26.4 Å². The van der Waals surface area contributed by atoms with E-state index in [1.165, 1.54) is 35.6 Å². The molecule has 212 valence electrons. The van der Waals surface area contributed by atoms with Crippen molar-refractivity contribution >= 4 is 39.8 Å². The van der Waals surface area contributed by atoms with Crippen LogP contribution in [0.25, 0.3) is 21.5 Å². The minimum atomic E-state index is -4.45. The summed E-state index contributed by atoms with van der Waals surface area (Å²) in [6.45, 7) is 1.67. The molecule has 0 bridgehead atoms. The number of hydrogen-bond acceptors (Lipinski definition) is 4. The molecule has 0 saturated carbocycles. The van der Waals surface area contributed by atoms with Crippen LogP contribution in [-0.4, -0.2) is 20.6 Å². The number of alkyl halides is 3. The van der Waals surface area contributed by atoms with Crippen molar-refractivity contribution in [1.82, 2.24) is 9.55 Å². The standard InChI is InChI=1S/C30H23ClF4N2O3S/c1-17(40-21-9-12-26-19(15-21)13-14-37(26)16-27(38)39)28-25(11-10-22-23(31)3-2-4-24(22)32)36-29(41-28)18-5-7-20(8-6-18)30(33,34)35/h2-9,12-15,17H,10-11,16H2,1H3,(H,38,39). The van der Waals surface area contributed by atoms with Crippen LogP contribution in [0.5, 0.6) is 5.75 Å². The number of rotatable bonds is 9. The lowest BCUT2D eigenvalue weighted by atomic mass is 10.1. The lowest BCUT2D eigenvalue weighted by Gasteiger charge is -2.15. The highest BCUT2D eigenvalue weighted by Crippen LogP contribution is 2.37. The van der Waals surface area contributed by atoms with Crippen molar-refractivity contribution in [3.8, 4) is 16.3 Å². The molecule has 5 aromatic rings. The van der Waals surface area contributed by atoms with Crippen LogP contribution in [0.2, 0.25) is 5.02 Å². The molecule has 1 atom stereocenters. The van der Waals surface area contributed by atoms with Crippen LogP contribution in [0, 0.1) is 5.82 Å². The Morgan fingerprint density at radius 2 is 1.85 bits per heavy atom. The van der Waals surface area contributed by atoms with Gasteiger partial charge in [-0.2, -0.15) is 13.2 Å². The van der Waals surface area contributed by atoms with Crippen LogP contribution in [-0.2, 0) is 30.4 Å². The maximum absolute atomic E-state index is 14.5. The van der Waals surface area contributed by atoms with E-state index in [1.807, 2.05) is 6.92 Å². The largest absolute Gasteiger partial charge is 0.485 e. The molecule has 1 N–H and O–H groups in total. The maximum atomic E-state index is 14.5. The van der Waals surface area contributed by atoms with Gasteiger partial charge in [0.25, 0.3) is 0 Å². The lowest BCUT2D eigenvalue weighted by molar-refractivity contribution is -0.138. The van der Waals surface area contributed by atoms with E-state index in [0.29, 0.717) is 39.0 Å². The molecule has 0 aliphatic heterocycles. The fourth-order valence-corrected chi connectivity index (χ4v) is 5.95. The van der Waals surface area contributed by atoms with Crippen molar-refractivity contribution in [3.63, 3.8) is 0 Å². The Hall–Kier alpha value is -3.89. The van der Waals surface area contributed by atoms with Gasteiger partial charge in [-0.25, -0.2) is 9.37 Å². The number of benzene rings is 3. The predicted molar refractivity (Wildman–Crippen MR) is 150 cm³/mol. The number of carbonyl (C=O) groups is 1. The number of carboxylic acid groups (broad SMARTS) is 1. The summed E-state index contributed by atoms with van der Waals surface area (Å²) in [5.41, 5.74) is 1.50. The quantitative estimate of drug-likeness (QED) is 0.172. The first-order chi connectivity index (χ1) is 19.5. The SMILES string of the molecule is CC(Oc1ccc2c(ccn2CC(=O)O)c1)c1sc(-c2ccc(C(F)(F)F)cc2)nc1CCc1c(F)cccc1Cl. The van der Waals surface area contributed by atoms with E-state index in [1.54, 1.807) is 41.1 Å². The van der Waals surface area contributed by atoms with Gasteiger partial charge < -0.3 is 14.4 Å². The van der Waals surface area contributed by atoms with Gasteiger partial charge >= 0.3 is 12.1 Å². The number of aliphatic carboxylic acids is 1. The van der Waals surface area contributed by atoms with Crippen LogP contribution in [0.15, 0.2) is 72.9 Å². The molecular formula is C30H23ClF4N2O3S. The Kier molecular flexibility index (Phi) is 8.06. The van der Waals surface area contributed by atoms with Crippen molar-refractivity contribution in [2.45, 2.75) is 38.6 Å². The topological polar surface area (TPSA) is 64.3 Å². The van der Waals surface area contributed by atoms with Crippen LogP contribution >= 0.6 is 22.9 Å². The van der Waals surface area contributed by atoms with Gasteiger partial charge in [0.05, 0.1) is 16.1 Å². The normalized spacial score (nSPS) is 12.5. The lowest BCUT2D eigenvalue weighted by Crippen LogP contribution is -2.07. The third kappa shape index (κ3) is 6.39. The summed E-state index contributed by atoms with van der Waals surface area (Å²) in [6, 6.07) is 16.4. The minimum absolute atomic E-state index is 0.164. The zero-order valence-corrected chi connectivity index (χ0v) is 23.2. The number of thiazole rings is 1. The summed E-state index contributed by atoms with van der Waals surface area (Å²) in [5.74, 6) is -0.829. The molecular weight excluding hydrogens is 580 g/mol. The van der Waals surface area contributed by atoms with Crippen LogP contribution in [0.1, 0.15) is 34.7 Å². The van der Waals surface area contributed by atoms with Crippen molar-refractivity contribution in [2.24, 2.45) is 0 Å². The molecule has 0 saturated heterocycles. The van der Waals surface area contributed by atoms with Crippen LogP contribution in [0.4, 0.5) is 17.6 Å². The fraction of sp³-hybridized carbons (Fsp3) is 0.200. The highest BCUT2D eigenvalue weighted by Gasteiger charge is 2.30. The Balaban J connectivity index is 1.45. The third-order valence-corrected chi connectivity index (χ3v) is 8.25. The van der Waals surface area contributed by atoms with Gasteiger partial charge in [0.1, 0.15) is 29.2 Å². The molecule has 0 aliphatic rings. The number of carboxylic acids is 1. The van der Waals surface area contributed by atoms with Crippen LogP contribution < -0.4 is 4.74 Å². The zero-order chi connectivity index (χ0) is 29.3. The van der Waals surface area contributed by atoms with Crippen molar-refractivity contribution < 1.29 is 32.2 Å². The number of nitrogens with zero attached hydrogens (tertiary/aromatic N) is 2. The summed E-state index contributed by atoms with van der Waals surface area (Å²) in [4.78, 5) is 16.6. The molecule has 0 spiro atoms. The Bertz CT molecular complexity index is 1690. The zero-order valence-electron chi connectivity index (χ0n) is 21.6. The maximum Gasteiger partial charge on any atom is 0.416 e. The van der Waals surface area contributed by atoms with E-state index in [0.717, 1.165) is 27.9 Å². The molecule has 1 unspecified atom stereocenters. The molecule has 2 aromatic heterocycles. The van der Waals surface area contributed by atoms with E-state index in [-0.39, 0.29) is 13.0 Å². The molecule has 5 rings (SSSR count). The van der Waals surface area contributed by atoms with Crippen molar-refractivity contribution in [3.05, 3.63) is 105 Å². The second-order valence-electron chi connectivity index (χ2n) is 9.42. The van der Waals surface area contributed by atoms with Gasteiger partial charge in [-0.15, -0.1) is 11.3 Å². The number of aromatic nitrogens is 2. The third-order valence-electron chi connectivity index (χ3n) is 6.59. The van der Waals surface area contributed by atoms with Crippen molar-refractivity contribution in [2.75, 3.05) is 0 Å². The molecule has 2 heterocycles. The van der Waals surface area contributed by atoms with Crippen molar-refractivity contribution in [1.29, 1.82) is 0 Å². The second-order valence-corrected chi connectivity index (χ2v) is 10.9. The van der Waals surface area contributed by atoms with Gasteiger partial charge in [-0.3, -0.25) is 4.79 Å². The van der Waals surface area contributed by atoms with E-state index >= 15 is 0 Å². The Labute approximate surface area is 241 Å².